The van der Waals surface area contributed by atoms with Crippen molar-refractivity contribution in [2.75, 3.05) is 20.3 Å². The molecule has 0 unspecified atom stereocenters. The Balaban J connectivity index is 0.000000572. The molecule has 0 spiro atoms. The molecule has 2 heterocycles. The van der Waals surface area contributed by atoms with Crippen LogP contribution in [0.3, 0.4) is 0 Å². The summed E-state index contributed by atoms with van der Waals surface area (Å²) in [7, 11) is 1.58. The van der Waals surface area contributed by atoms with Gasteiger partial charge in [0.05, 0.1) is 30.0 Å². The number of aromatic nitrogens is 1. The molecular formula is C20H18F6N4O6. The molecule has 16 heteroatoms. The number of carboxylic acid groups (broad SMARTS) is 1. The summed E-state index contributed by atoms with van der Waals surface area (Å²) >= 11 is 0. The van der Waals surface area contributed by atoms with Crippen LogP contribution in [0.5, 0.6) is 5.75 Å². The van der Waals surface area contributed by atoms with Crippen molar-refractivity contribution in [2.45, 2.75) is 31.0 Å². The van der Waals surface area contributed by atoms with E-state index in [1.807, 2.05) is 6.07 Å². The van der Waals surface area contributed by atoms with E-state index in [1.165, 1.54) is 12.1 Å². The van der Waals surface area contributed by atoms with Crippen molar-refractivity contribution in [2.24, 2.45) is 0 Å². The number of hydrogen-bond acceptors (Lipinski definition) is 8. The summed E-state index contributed by atoms with van der Waals surface area (Å²) in [5.74, 6) is -4.37. The van der Waals surface area contributed by atoms with E-state index in [0.717, 1.165) is 12.3 Å². The van der Waals surface area contributed by atoms with E-state index in [9.17, 15) is 31.1 Å². The molecule has 0 saturated carbocycles. The highest BCUT2D eigenvalue weighted by atomic mass is 19.4. The smallest absolute Gasteiger partial charge is 0.475 e. The van der Waals surface area contributed by atoms with Crippen LogP contribution < -0.4 is 15.4 Å². The third-order valence-electron chi connectivity index (χ3n) is 4.47. The maximum Gasteiger partial charge on any atom is 0.573 e. The van der Waals surface area contributed by atoms with Gasteiger partial charge in [-0.05, 0) is 24.6 Å². The third-order valence-corrected chi connectivity index (χ3v) is 4.47. The van der Waals surface area contributed by atoms with Crippen LogP contribution in [0.25, 0.3) is 11.3 Å². The first-order valence-electron chi connectivity index (χ1n) is 9.83. The first kappa shape index (κ1) is 28.4. The van der Waals surface area contributed by atoms with Crippen LogP contribution in [-0.4, -0.2) is 66.9 Å². The minimum Gasteiger partial charge on any atom is -0.475 e. The molecule has 2 aromatic rings. The molecule has 36 heavy (non-hydrogen) atoms. The third kappa shape index (κ3) is 8.43. The number of benzene rings is 1. The summed E-state index contributed by atoms with van der Waals surface area (Å²) in [6.45, 7) is 1.05. The predicted molar refractivity (Wildman–Crippen MR) is 107 cm³/mol. The molecule has 10 nitrogen and oxygen atoms in total. The van der Waals surface area contributed by atoms with Crippen LogP contribution in [0, 0.1) is 11.3 Å². The lowest BCUT2D eigenvalue weighted by Crippen LogP contribution is -2.36. The maximum atomic E-state index is 12.7. The molecule has 0 radical (unpaired) electrons. The van der Waals surface area contributed by atoms with E-state index in [4.69, 9.17) is 24.3 Å². The number of carboxylic acids is 1. The number of carbonyl (C=O) groups excluding carboxylic acids is 1. The highest BCUT2D eigenvalue weighted by Crippen LogP contribution is 2.35. The number of aliphatic carboxylic acids is 1. The van der Waals surface area contributed by atoms with Gasteiger partial charge in [0, 0.05) is 25.7 Å². The van der Waals surface area contributed by atoms with E-state index >= 15 is 0 Å². The van der Waals surface area contributed by atoms with Gasteiger partial charge >= 0.3 is 24.4 Å². The van der Waals surface area contributed by atoms with Gasteiger partial charge < -0.3 is 29.6 Å². The Morgan fingerprint density at radius 3 is 2.53 bits per heavy atom. The van der Waals surface area contributed by atoms with Gasteiger partial charge in [0.1, 0.15) is 5.75 Å². The number of alkyl halides is 6. The topological polar surface area (TPSA) is 147 Å². The number of nitrogens with one attached hydrogen (secondary N) is 2. The Hall–Kier alpha value is -3.84. The van der Waals surface area contributed by atoms with E-state index in [-0.39, 0.29) is 34.9 Å². The zero-order valence-electron chi connectivity index (χ0n) is 18.2. The van der Waals surface area contributed by atoms with E-state index in [2.05, 4.69) is 20.4 Å². The van der Waals surface area contributed by atoms with E-state index in [1.54, 1.807) is 7.11 Å². The number of carbonyl (C=O) groups is 2. The van der Waals surface area contributed by atoms with Gasteiger partial charge in [-0.2, -0.15) is 18.4 Å². The second kappa shape index (κ2) is 11.7. The van der Waals surface area contributed by atoms with Crippen molar-refractivity contribution in [1.82, 2.24) is 15.6 Å². The lowest BCUT2D eigenvalue weighted by molar-refractivity contribution is -0.274. The van der Waals surface area contributed by atoms with Gasteiger partial charge in [-0.1, -0.05) is 0 Å². The van der Waals surface area contributed by atoms with E-state index in [0.29, 0.717) is 19.6 Å². The highest BCUT2D eigenvalue weighted by Gasteiger charge is 2.38. The van der Waals surface area contributed by atoms with Crippen LogP contribution >= 0.6 is 0 Å². The molecule has 1 aliphatic heterocycles. The zero-order valence-corrected chi connectivity index (χ0v) is 18.2. The SMILES string of the molecule is COC[C@@H]1C[C@@H](NC(=O)c2ncc(-c3cc(C#N)ccc3OC(F)(F)F)o2)CN1.O=C(O)C(F)(F)F. The van der Waals surface area contributed by atoms with Crippen molar-refractivity contribution >= 4 is 11.9 Å². The number of nitriles is 1. The number of oxazole rings is 1. The van der Waals surface area contributed by atoms with Crippen LogP contribution in [0.1, 0.15) is 22.7 Å². The largest absolute Gasteiger partial charge is 0.573 e. The molecule has 1 fully saturated rings. The highest BCUT2D eigenvalue weighted by molar-refractivity contribution is 5.90. The van der Waals surface area contributed by atoms with Crippen molar-refractivity contribution in [3.63, 3.8) is 0 Å². The standard InChI is InChI=1S/C18H17F3N4O4.C2HF3O2/c1-27-9-12-5-11(7-23-12)25-16(26)17-24-8-15(28-17)13-4-10(6-22)2-3-14(13)29-18(19,20)21;3-2(4,5)1(6)7/h2-4,8,11-12,23H,5,7,9H2,1H3,(H,25,26);(H,6,7)/t11-,12+;/m1./s1. The van der Waals surface area contributed by atoms with Crippen molar-refractivity contribution < 1.29 is 54.9 Å². The van der Waals surface area contributed by atoms with Crippen molar-refractivity contribution in [3.05, 3.63) is 35.9 Å². The molecule has 1 aliphatic rings. The number of rotatable bonds is 6. The van der Waals surface area contributed by atoms with Crippen molar-refractivity contribution in [3.8, 4) is 23.1 Å². The first-order valence-corrected chi connectivity index (χ1v) is 9.83. The summed E-state index contributed by atoms with van der Waals surface area (Å²) in [5.41, 5.74) is -0.0474. The van der Waals surface area contributed by atoms with Crippen LogP contribution in [0.2, 0.25) is 0 Å². The average molecular weight is 524 g/mol. The molecule has 3 rings (SSSR count). The Morgan fingerprint density at radius 2 is 1.97 bits per heavy atom. The molecule has 0 bridgehead atoms. The van der Waals surface area contributed by atoms with Crippen LogP contribution in [0.15, 0.2) is 28.8 Å². The predicted octanol–water partition coefficient (Wildman–Crippen LogP) is 2.85. The Labute approximate surface area is 198 Å². The molecule has 1 aromatic heterocycles. The monoisotopic (exact) mass is 524 g/mol. The summed E-state index contributed by atoms with van der Waals surface area (Å²) < 4.78 is 84.1. The molecule has 1 amide bonds. The van der Waals surface area contributed by atoms with Gasteiger partial charge in [0.2, 0.25) is 0 Å². The fraction of sp³-hybridized carbons (Fsp3) is 0.400. The first-order chi connectivity index (χ1) is 16.7. The van der Waals surface area contributed by atoms with Crippen LogP contribution in [-0.2, 0) is 9.53 Å². The second-order valence-electron chi connectivity index (χ2n) is 7.17. The molecule has 1 aromatic carbocycles. The molecular weight excluding hydrogens is 506 g/mol. The summed E-state index contributed by atoms with van der Waals surface area (Å²) in [6.07, 6.45) is -8.26. The van der Waals surface area contributed by atoms with Crippen LogP contribution in [0.4, 0.5) is 26.3 Å². The van der Waals surface area contributed by atoms with Gasteiger partial charge in [-0.3, -0.25) is 4.79 Å². The van der Waals surface area contributed by atoms with E-state index < -0.39 is 30.2 Å². The number of ether oxygens (including phenoxy) is 2. The Kier molecular flexibility index (Phi) is 9.25. The fourth-order valence-electron chi connectivity index (χ4n) is 3.01. The van der Waals surface area contributed by atoms with Gasteiger partial charge in [-0.15, -0.1) is 13.2 Å². The lowest BCUT2D eigenvalue weighted by Gasteiger charge is -2.12. The summed E-state index contributed by atoms with van der Waals surface area (Å²) in [6, 6.07) is 5.12. The minimum absolute atomic E-state index is 0.0955. The molecule has 0 aliphatic carbocycles. The quantitative estimate of drug-likeness (QED) is 0.486. The number of methoxy groups -OCH3 is 1. The minimum atomic E-state index is -5.08. The average Bonchev–Trinajstić information content (AvgIpc) is 3.43. The fourth-order valence-corrected chi connectivity index (χ4v) is 3.01. The molecule has 3 N–H and O–H groups in total. The molecule has 2 atom stereocenters. The molecule has 196 valence electrons. The van der Waals surface area contributed by atoms with Gasteiger partial charge in [0.25, 0.3) is 5.89 Å². The summed E-state index contributed by atoms with van der Waals surface area (Å²) in [5, 5.41) is 22.1. The normalized spacial score (nSPS) is 17.5. The maximum absolute atomic E-state index is 12.7. The molecule has 1 saturated heterocycles. The van der Waals surface area contributed by atoms with Crippen molar-refractivity contribution in [1.29, 1.82) is 5.26 Å². The second-order valence-corrected chi connectivity index (χ2v) is 7.17. The number of nitrogens with zero attached hydrogens (tertiary/aromatic N) is 2. The summed E-state index contributed by atoms with van der Waals surface area (Å²) in [4.78, 5) is 25.1. The lowest BCUT2D eigenvalue weighted by atomic mass is 10.1. The Morgan fingerprint density at radius 1 is 1.31 bits per heavy atom. The number of hydrogen-bond donors (Lipinski definition) is 3. The zero-order chi connectivity index (χ0) is 27.1. The van der Waals surface area contributed by atoms with Gasteiger partial charge in [0.15, 0.2) is 5.76 Å². The number of amides is 1. The van der Waals surface area contributed by atoms with Gasteiger partial charge in [-0.25, -0.2) is 9.78 Å². The number of halogens is 6. The Bertz CT molecular complexity index is 1110.